The van der Waals surface area contributed by atoms with Crippen LogP contribution in [-0.2, 0) is 20.8 Å². The van der Waals surface area contributed by atoms with Crippen molar-refractivity contribution in [3.8, 4) is 0 Å². The summed E-state index contributed by atoms with van der Waals surface area (Å²) in [7, 11) is 1.32. The molecule has 1 aromatic rings. The van der Waals surface area contributed by atoms with Crippen LogP contribution < -0.4 is 5.32 Å². The third-order valence-corrected chi connectivity index (χ3v) is 3.25. The number of furan rings is 1. The Hall–Kier alpha value is -1.86. The van der Waals surface area contributed by atoms with Gasteiger partial charge in [-0.1, -0.05) is 0 Å². The Bertz CT molecular complexity index is 479. The zero-order valence-corrected chi connectivity index (χ0v) is 12.1. The predicted molar refractivity (Wildman–Crippen MR) is 73.8 cm³/mol. The lowest BCUT2D eigenvalue weighted by Crippen LogP contribution is -2.41. The molecule has 7 heteroatoms. The summed E-state index contributed by atoms with van der Waals surface area (Å²) < 4.78 is 15.0. The van der Waals surface area contributed by atoms with Gasteiger partial charge < -0.3 is 24.1 Å². The summed E-state index contributed by atoms with van der Waals surface area (Å²) in [4.78, 5) is 25.0. The van der Waals surface area contributed by atoms with Crippen LogP contribution in [0.2, 0.25) is 0 Å². The van der Waals surface area contributed by atoms with Crippen molar-refractivity contribution in [3.05, 3.63) is 23.7 Å². The summed E-state index contributed by atoms with van der Waals surface area (Å²) in [5, 5.41) is 3.12. The Balaban J connectivity index is 1.66. The molecule has 0 unspecified atom stereocenters. The second-order valence-electron chi connectivity index (χ2n) is 4.71. The standard InChI is InChI=1S/C14H20N2O5/c1-19-14(18)11-8-12(21-10-11)9-15-3-2-13(17)16-4-6-20-7-5-16/h8,10,15H,2-7,9H2,1H3. The minimum Gasteiger partial charge on any atom is -0.467 e. The summed E-state index contributed by atoms with van der Waals surface area (Å²) in [6.07, 6.45) is 1.80. The third-order valence-electron chi connectivity index (χ3n) is 3.25. The molecule has 0 aromatic carbocycles. The number of rotatable bonds is 6. The number of hydrogen-bond acceptors (Lipinski definition) is 6. The van der Waals surface area contributed by atoms with Crippen molar-refractivity contribution in [2.75, 3.05) is 40.0 Å². The van der Waals surface area contributed by atoms with Gasteiger partial charge in [0.15, 0.2) is 0 Å². The van der Waals surface area contributed by atoms with Crippen LogP contribution >= 0.6 is 0 Å². The Morgan fingerprint density at radius 1 is 1.38 bits per heavy atom. The number of amides is 1. The van der Waals surface area contributed by atoms with Crippen molar-refractivity contribution in [2.45, 2.75) is 13.0 Å². The van der Waals surface area contributed by atoms with Gasteiger partial charge in [0.1, 0.15) is 12.0 Å². The number of hydrogen-bond donors (Lipinski definition) is 1. The normalized spacial score (nSPS) is 15.0. The van der Waals surface area contributed by atoms with Crippen molar-refractivity contribution >= 4 is 11.9 Å². The molecule has 0 aliphatic carbocycles. The van der Waals surface area contributed by atoms with E-state index in [-0.39, 0.29) is 5.91 Å². The molecular weight excluding hydrogens is 276 g/mol. The molecule has 1 aromatic heterocycles. The summed E-state index contributed by atoms with van der Waals surface area (Å²) in [5.41, 5.74) is 0.388. The zero-order valence-electron chi connectivity index (χ0n) is 12.1. The van der Waals surface area contributed by atoms with Crippen LogP contribution in [0.5, 0.6) is 0 Å². The maximum absolute atomic E-state index is 11.9. The fourth-order valence-electron chi connectivity index (χ4n) is 2.08. The number of methoxy groups -OCH3 is 1. The van der Waals surface area contributed by atoms with E-state index >= 15 is 0 Å². The molecule has 1 N–H and O–H groups in total. The molecule has 0 spiro atoms. The van der Waals surface area contributed by atoms with Gasteiger partial charge in [0.25, 0.3) is 0 Å². The van der Waals surface area contributed by atoms with Crippen molar-refractivity contribution in [3.63, 3.8) is 0 Å². The number of esters is 1. The number of morpholine rings is 1. The van der Waals surface area contributed by atoms with E-state index in [4.69, 9.17) is 9.15 Å². The van der Waals surface area contributed by atoms with Crippen molar-refractivity contribution in [1.82, 2.24) is 10.2 Å². The van der Waals surface area contributed by atoms with E-state index in [1.54, 1.807) is 6.07 Å². The van der Waals surface area contributed by atoms with Gasteiger partial charge in [-0.05, 0) is 6.07 Å². The van der Waals surface area contributed by atoms with Crippen molar-refractivity contribution in [2.24, 2.45) is 0 Å². The average Bonchev–Trinajstić information content (AvgIpc) is 3.00. The van der Waals surface area contributed by atoms with Crippen LogP contribution in [0.3, 0.4) is 0 Å². The van der Waals surface area contributed by atoms with Crippen LogP contribution in [0.25, 0.3) is 0 Å². The van der Waals surface area contributed by atoms with Gasteiger partial charge in [-0.3, -0.25) is 4.79 Å². The molecular formula is C14H20N2O5. The summed E-state index contributed by atoms with van der Waals surface area (Å²) in [6.45, 7) is 3.58. The average molecular weight is 296 g/mol. The second-order valence-corrected chi connectivity index (χ2v) is 4.71. The van der Waals surface area contributed by atoms with Gasteiger partial charge in [0.05, 0.1) is 32.4 Å². The van der Waals surface area contributed by atoms with Gasteiger partial charge in [0, 0.05) is 26.1 Å². The van der Waals surface area contributed by atoms with Gasteiger partial charge in [-0.2, -0.15) is 0 Å². The predicted octanol–water partition coefficient (Wildman–Crippen LogP) is 0.405. The van der Waals surface area contributed by atoms with Crippen LogP contribution in [-0.4, -0.2) is 56.7 Å². The van der Waals surface area contributed by atoms with E-state index in [0.29, 0.717) is 57.1 Å². The minimum atomic E-state index is -0.424. The molecule has 2 heterocycles. The molecule has 1 fully saturated rings. The first-order valence-electron chi connectivity index (χ1n) is 6.92. The molecule has 0 radical (unpaired) electrons. The van der Waals surface area contributed by atoms with E-state index in [1.165, 1.54) is 13.4 Å². The van der Waals surface area contributed by atoms with E-state index in [2.05, 4.69) is 10.1 Å². The molecule has 1 aliphatic heterocycles. The van der Waals surface area contributed by atoms with Crippen LogP contribution in [0.1, 0.15) is 22.5 Å². The zero-order chi connectivity index (χ0) is 15.1. The monoisotopic (exact) mass is 296 g/mol. The highest BCUT2D eigenvalue weighted by Crippen LogP contribution is 2.08. The molecule has 0 saturated carbocycles. The molecule has 1 saturated heterocycles. The third kappa shape index (κ3) is 4.57. The Morgan fingerprint density at radius 2 is 2.14 bits per heavy atom. The van der Waals surface area contributed by atoms with Gasteiger partial charge >= 0.3 is 5.97 Å². The maximum Gasteiger partial charge on any atom is 0.341 e. The smallest absolute Gasteiger partial charge is 0.341 e. The number of nitrogens with one attached hydrogen (secondary N) is 1. The molecule has 0 bridgehead atoms. The topological polar surface area (TPSA) is 81.0 Å². The second kappa shape index (κ2) is 7.80. The van der Waals surface area contributed by atoms with Crippen LogP contribution in [0, 0.1) is 0 Å². The first-order valence-corrected chi connectivity index (χ1v) is 6.92. The first-order chi connectivity index (χ1) is 10.2. The molecule has 0 atom stereocenters. The van der Waals surface area contributed by atoms with Gasteiger partial charge in [0.2, 0.25) is 5.91 Å². The Labute approximate surface area is 123 Å². The largest absolute Gasteiger partial charge is 0.467 e. The maximum atomic E-state index is 11.9. The molecule has 7 nitrogen and oxygen atoms in total. The molecule has 1 amide bonds. The van der Waals surface area contributed by atoms with E-state index in [1.807, 2.05) is 4.90 Å². The summed E-state index contributed by atoms with van der Waals surface area (Å²) in [6, 6.07) is 1.63. The fourth-order valence-corrected chi connectivity index (χ4v) is 2.08. The van der Waals surface area contributed by atoms with E-state index in [9.17, 15) is 9.59 Å². The van der Waals surface area contributed by atoms with Gasteiger partial charge in [-0.15, -0.1) is 0 Å². The summed E-state index contributed by atoms with van der Waals surface area (Å²) >= 11 is 0. The highest BCUT2D eigenvalue weighted by molar-refractivity contribution is 5.88. The number of carbonyl (C=O) groups excluding carboxylic acids is 2. The van der Waals surface area contributed by atoms with E-state index < -0.39 is 5.97 Å². The minimum absolute atomic E-state index is 0.125. The number of ether oxygens (including phenoxy) is 2. The Kier molecular flexibility index (Phi) is 5.77. The quantitative estimate of drug-likeness (QED) is 0.605. The van der Waals surface area contributed by atoms with Crippen molar-refractivity contribution < 1.29 is 23.5 Å². The van der Waals surface area contributed by atoms with Crippen molar-refractivity contribution in [1.29, 1.82) is 0 Å². The van der Waals surface area contributed by atoms with Crippen LogP contribution in [0.15, 0.2) is 16.7 Å². The molecule has 116 valence electrons. The lowest BCUT2D eigenvalue weighted by Gasteiger charge is -2.26. The fraction of sp³-hybridized carbons (Fsp3) is 0.571. The van der Waals surface area contributed by atoms with Crippen LogP contribution in [0.4, 0.5) is 0 Å². The highest BCUT2D eigenvalue weighted by atomic mass is 16.5. The lowest BCUT2D eigenvalue weighted by atomic mass is 10.3. The first kappa shape index (κ1) is 15.5. The summed E-state index contributed by atoms with van der Waals surface area (Å²) in [5.74, 6) is 0.335. The Morgan fingerprint density at radius 3 is 2.86 bits per heavy atom. The molecule has 1 aliphatic rings. The van der Waals surface area contributed by atoms with E-state index in [0.717, 1.165) is 0 Å². The number of nitrogens with zero attached hydrogens (tertiary/aromatic N) is 1. The molecule has 2 rings (SSSR count). The lowest BCUT2D eigenvalue weighted by molar-refractivity contribution is -0.135. The number of carbonyl (C=O) groups is 2. The highest BCUT2D eigenvalue weighted by Gasteiger charge is 2.16. The molecule has 21 heavy (non-hydrogen) atoms. The van der Waals surface area contributed by atoms with Gasteiger partial charge in [-0.25, -0.2) is 4.79 Å². The SMILES string of the molecule is COC(=O)c1coc(CNCCC(=O)N2CCOCC2)c1.